The Morgan fingerprint density at radius 3 is 2.38 bits per heavy atom. The average Bonchev–Trinajstić information content (AvgIpc) is 2.26. The number of carbonyl (C=O) groups excluding carboxylic acids is 1. The molecule has 2 nitrogen and oxygen atoms in total. The minimum Gasteiger partial charge on any atom is -0.348 e. The molecule has 0 fully saturated rings. The maximum absolute atomic E-state index is 11.9. The summed E-state index contributed by atoms with van der Waals surface area (Å²) < 4.78 is 1.91. The second-order valence-corrected chi connectivity index (χ2v) is 5.78. The topological polar surface area (TPSA) is 29.1 Å². The van der Waals surface area contributed by atoms with Crippen LogP contribution in [0.1, 0.15) is 24.2 Å². The second kappa shape index (κ2) is 6.59. The Labute approximate surface area is 118 Å². The van der Waals surface area contributed by atoms with E-state index in [4.69, 9.17) is 0 Å². The van der Waals surface area contributed by atoms with Gasteiger partial charge < -0.3 is 5.32 Å². The minimum atomic E-state index is 0.00265. The van der Waals surface area contributed by atoms with Crippen LogP contribution in [-0.2, 0) is 0 Å². The first-order chi connectivity index (χ1) is 7.54. The molecule has 88 valence electrons. The van der Waals surface area contributed by atoms with Crippen molar-refractivity contribution in [1.82, 2.24) is 5.32 Å². The Kier molecular flexibility index (Phi) is 5.75. The van der Waals surface area contributed by atoms with Crippen LogP contribution in [0.25, 0.3) is 0 Å². The molecule has 0 aliphatic heterocycles. The summed E-state index contributed by atoms with van der Waals surface area (Å²) in [7, 11) is 0. The Morgan fingerprint density at radius 1 is 1.38 bits per heavy atom. The molecule has 1 atom stereocenters. The maximum atomic E-state index is 11.9. The highest BCUT2D eigenvalue weighted by Gasteiger charge is 2.15. The molecule has 1 amide bonds. The molecule has 0 aromatic heterocycles. The molecule has 1 rings (SSSR count). The van der Waals surface area contributed by atoms with Crippen molar-refractivity contribution in [2.75, 3.05) is 4.43 Å². The number of amides is 1. The van der Waals surface area contributed by atoms with Crippen molar-refractivity contribution in [3.05, 3.63) is 34.3 Å². The highest BCUT2D eigenvalue weighted by molar-refractivity contribution is 14.1. The molecule has 0 heterocycles. The van der Waals surface area contributed by atoms with Gasteiger partial charge in [0.15, 0.2) is 0 Å². The fourth-order valence-corrected chi connectivity index (χ4v) is 2.74. The third-order valence-electron chi connectivity index (χ3n) is 2.39. The quantitative estimate of drug-likeness (QED) is 0.612. The van der Waals surface area contributed by atoms with Gasteiger partial charge in [0.1, 0.15) is 0 Å². The van der Waals surface area contributed by atoms with Gasteiger partial charge in [0, 0.05) is 20.5 Å². The lowest BCUT2D eigenvalue weighted by Crippen LogP contribution is -2.39. The largest absolute Gasteiger partial charge is 0.348 e. The van der Waals surface area contributed by atoms with Crippen LogP contribution >= 0.6 is 38.5 Å². The molecule has 0 saturated carbocycles. The summed E-state index contributed by atoms with van der Waals surface area (Å²) >= 11 is 5.65. The second-order valence-electron chi connectivity index (χ2n) is 3.99. The standard InChI is InChI=1S/C12H15BrINO/c1-8(2)11(7-14)15-12(16)9-3-5-10(13)6-4-9/h3-6,8,11H,7H2,1-2H3,(H,15,16). The number of rotatable bonds is 4. The molecule has 1 aromatic carbocycles. The summed E-state index contributed by atoms with van der Waals surface area (Å²) in [5, 5.41) is 3.04. The van der Waals surface area contributed by atoms with E-state index in [0.29, 0.717) is 11.5 Å². The lowest BCUT2D eigenvalue weighted by atomic mass is 10.1. The predicted molar refractivity (Wildman–Crippen MR) is 79.1 cm³/mol. The van der Waals surface area contributed by atoms with E-state index < -0.39 is 0 Å². The smallest absolute Gasteiger partial charge is 0.251 e. The highest BCUT2D eigenvalue weighted by atomic mass is 127. The van der Waals surface area contributed by atoms with Gasteiger partial charge in [-0.15, -0.1) is 0 Å². The molecule has 1 aromatic rings. The van der Waals surface area contributed by atoms with Gasteiger partial charge >= 0.3 is 0 Å². The number of benzene rings is 1. The molecule has 0 spiro atoms. The molecular formula is C12H15BrINO. The van der Waals surface area contributed by atoms with Gasteiger partial charge in [0.05, 0.1) is 0 Å². The van der Waals surface area contributed by atoms with E-state index >= 15 is 0 Å². The van der Waals surface area contributed by atoms with Crippen LogP contribution in [0, 0.1) is 5.92 Å². The van der Waals surface area contributed by atoms with Crippen LogP contribution < -0.4 is 5.32 Å². The molecule has 16 heavy (non-hydrogen) atoms. The maximum Gasteiger partial charge on any atom is 0.251 e. The van der Waals surface area contributed by atoms with E-state index in [1.54, 1.807) is 0 Å². The van der Waals surface area contributed by atoms with Crippen molar-refractivity contribution in [2.45, 2.75) is 19.9 Å². The average molecular weight is 396 g/mol. The summed E-state index contributed by atoms with van der Waals surface area (Å²) in [5.41, 5.74) is 0.707. The molecule has 4 heteroatoms. The van der Waals surface area contributed by atoms with Gasteiger partial charge in [0.2, 0.25) is 0 Å². The zero-order chi connectivity index (χ0) is 12.1. The Bertz CT molecular complexity index is 351. The van der Waals surface area contributed by atoms with Gasteiger partial charge in [-0.25, -0.2) is 0 Å². The van der Waals surface area contributed by atoms with E-state index in [1.807, 2.05) is 24.3 Å². The van der Waals surface area contributed by atoms with Gasteiger partial charge in [-0.1, -0.05) is 52.4 Å². The molecule has 0 aliphatic rings. The third kappa shape index (κ3) is 4.05. The lowest BCUT2D eigenvalue weighted by molar-refractivity contribution is 0.0932. The van der Waals surface area contributed by atoms with E-state index in [9.17, 15) is 4.79 Å². The van der Waals surface area contributed by atoms with Gasteiger partial charge in [-0.05, 0) is 30.2 Å². The Balaban J connectivity index is 2.68. The van der Waals surface area contributed by atoms with E-state index in [1.165, 1.54) is 0 Å². The van der Waals surface area contributed by atoms with Crippen LogP contribution in [0.15, 0.2) is 28.7 Å². The minimum absolute atomic E-state index is 0.00265. The fraction of sp³-hybridized carbons (Fsp3) is 0.417. The van der Waals surface area contributed by atoms with Crippen molar-refractivity contribution in [2.24, 2.45) is 5.92 Å². The summed E-state index contributed by atoms with van der Waals surface area (Å²) in [6.07, 6.45) is 0. The SMILES string of the molecule is CC(C)C(CI)NC(=O)c1ccc(Br)cc1. The van der Waals surface area contributed by atoms with Crippen molar-refractivity contribution in [3.63, 3.8) is 0 Å². The summed E-state index contributed by atoms with van der Waals surface area (Å²) in [4.78, 5) is 11.9. The van der Waals surface area contributed by atoms with E-state index in [-0.39, 0.29) is 11.9 Å². The van der Waals surface area contributed by atoms with E-state index in [0.717, 1.165) is 8.90 Å². The van der Waals surface area contributed by atoms with Gasteiger partial charge in [-0.3, -0.25) is 4.79 Å². The summed E-state index contributed by atoms with van der Waals surface area (Å²) in [6.45, 7) is 4.23. The van der Waals surface area contributed by atoms with Crippen LogP contribution in [0.2, 0.25) is 0 Å². The fourth-order valence-electron chi connectivity index (χ4n) is 1.24. The molecule has 1 unspecified atom stereocenters. The van der Waals surface area contributed by atoms with Crippen LogP contribution in [0.4, 0.5) is 0 Å². The zero-order valence-electron chi connectivity index (χ0n) is 9.34. The normalized spacial score (nSPS) is 12.6. The predicted octanol–water partition coefficient (Wildman–Crippen LogP) is 3.64. The van der Waals surface area contributed by atoms with Crippen molar-refractivity contribution in [1.29, 1.82) is 0 Å². The van der Waals surface area contributed by atoms with Crippen LogP contribution in [0.3, 0.4) is 0 Å². The molecule has 0 radical (unpaired) electrons. The van der Waals surface area contributed by atoms with Crippen molar-refractivity contribution >= 4 is 44.4 Å². The van der Waals surface area contributed by atoms with Crippen molar-refractivity contribution < 1.29 is 4.79 Å². The number of hydrogen-bond acceptors (Lipinski definition) is 1. The first-order valence-corrected chi connectivity index (χ1v) is 7.49. The van der Waals surface area contributed by atoms with Gasteiger partial charge in [-0.2, -0.15) is 0 Å². The lowest BCUT2D eigenvalue weighted by Gasteiger charge is -2.19. The number of carbonyl (C=O) groups is 1. The number of halogens is 2. The van der Waals surface area contributed by atoms with Gasteiger partial charge in [0.25, 0.3) is 5.91 Å². The molecule has 0 bridgehead atoms. The number of hydrogen-bond donors (Lipinski definition) is 1. The first-order valence-electron chi connectivity index (χ1n) is 5.17. The molecule has 1 N–H and O–H groups in total. The first kappa shape index (κ1) is 14.0. The Hall–Kier alpha value is -0.100. The summed E-state index contributed by atoms with van der Waals surface area (Å²) in [6, 6.07) is 7.64. The van der Waals surface area contributed by atoms with E-state index in [2.05, 4.69) is 57.7 Å². The molecule has 0 saturated heterocycles. The number of alkyl halides is 1. The molecule has 0 aliphatic carbocycles. The van der Waals surface area contributed by atoms with Crippen LogP contribution in [0.5, 0.6) is 0 Å². The summed E-state index contributed by atoms with van der Waals surface area (Å²) in [5.74, 6) is 0.458. The monoisotopic (exact) mass is 395 g/mol. The highest BCUT2D eigenvalue weighted by Crippen LogP contribution is 2.11. The van der Waals surface area contributed by atoms with Crippen molar-refractivity contribution in [3.8, 4) is 0 Å². The molecular weight excluding hydrogens is 381 g/mol. The number of nitrogens with one attached hydrogen (secondary N) is 1. The van der Waals surface area contributed by atoms with Crippen LogP contribution in [-0.4, -0.2) is 16.4 Å². The third-order valence-corrected chi connectivity index (χ3v) is 3.87. The Morgan fingerprint density at radius 2 is 1.94 bits per heavy atom. The zero-order valence-corrected chi connectivity index (χ0v) is 13.1.